The van der Waals surface area contributed by atoms with E-state index in [1.165, 1.54) is 24.3 Å². The average molecular weight is 800 g/mol. The molecule has 12 heteroatoms. The fourth-order valence-corrected chi connectivity index (χ4v) is 5.80. The molecular formula is C40H16Br2N8O2. The van der Waals surface area contributed by atoms with Gasteiger partial charge in [-0.2, -0.15) is 42.1 Å². The molecule has 2 N–H and O–H groups in total. The van der Waals surface area contributed by atoms with E-state index in [0.717, 1.165) is 30.5 Å². The highest BCUT2D eigenvalue weighted by Crippen LogP contribution is 2.45. The predicted molar refractivity (Wildman–Crippen MR) is 196 cm³/mol. The normalized spacial score (nSPS) is 9.35. The molecule has 0 spiro atoms. The lowest BCUT2D eigenvalue weighted by Crippen LogP contribution is -1.90. The third kappa shape index (κ3) is 7.79. The first-order chi connectivity index (χ1) is 25.1. The van der Waals surface area contributed by atoms with E-state index in [0.29, 0.717) is 11.1 Å². The van der Waals surface area contributed by atoms with Crippen LogP contribution < -0.4 is 0 Å². The largest absolute Gasteiger partial charge is 0.507 e. The minimum atomic E-state index is 0.114. The van der Waals surface area contributed by atoms with Crippen molar-refractivity contribution in [2.45, 2.75) is 0 Å². The van der Waals surface area contributed by atoms with E-state index in [1.807, 2.05) is 48.5 Å². The Morgan fingerprint density at radius 3 is 0.827 bits per heavy atom. The number of phenolic OH excluding ortho intramolecular Hbond substituents is 2. The molecule has 242 valence electrons. The third-order valence-electron chi connectivity index (χ3n) is 7.45. The first-order valence-corrected chi connectivity index (χ1v) is 16.1. The standard InChI is InChI=1S/C20H12Br2O2.2C10H2N4/c21-13-3-5-15-11(9-13)1-7-17(23)19(15)20-16-6-4-14(22)10-12(16)2-8-18(20)24;2*11-3-7-1-8(4-12)10(6-14)2-9(7)5-13/h1-10,23-24H;2*1-2H. The van der Waals surface area contributed by atoms with E-state index in [-0.39, 0.29) is 56.0 Å². The maximum Gasteiger partial charge on any atom is 0.124 e. The molecule has 0 saturated heterocycles. The van der Waals surface area contributed by atoms with Gasteiger partial charge in [0.05, 0.1) is 44.5 Å². The molecule has 6 aromatic rings. The Labute approximate surface area is 313 Å². The molecular weight excluding hydrogens is 784 g/mol. The monoisotopic (exact) mass is 798 g/mol. The molecule has 0 atom stereocenters. The second-order valence-electron chi connectivity index (χ2n) is 10.4. The van der Waals surface area contributed by atoms with Crippen molar-refractivity contribution < 1.29 is 10.2 Å². The van der Waals surface area contributed by atoms with Crippen molar-refractivity contribution in [3.05, 3.63) is 138 Å². The molecule has 0 bridgehead atoms. The maximum absolute atomic E-state index is 10.5. The number of hydrogen-bond acceptors (Lipinski definition) is 10. The SMILES string of the molecule is N#Cc1cc(C#N)c(C#N)cc1C#N.N#Cc1cc(C#N)c(C#N)cc1C#N.Oc1ccc2cc(Br)ccc2c1-c1c(O)ccc2cc(Br)ccc12. The summed E-state index contributed by atoms with van der Waals surface area (Å²) in [5, 5.41) is 94.0. The van der Waals surface area contributed by atoms with Crippen molar-refractivity contribution in [2.75, 3.05) is 0 Å². The smallest absolute Gasteiger partial charge is 0.124 e. The quantitative estimate of drug-likeness (QED) is 0.160. The van der Waals surface area contributed by atoms with E-state index in [2.05, 4.69) is 31.9 Å². The minimum absolute atomic E-state index is 0.114. The Morgan fingerprint density at radius 1 is 0.346 bits per heavy atom. The van der Waals surface area contributed by atoms with Gasteiger partial charge in [0.1, 0.15) is 60.1 Å². The average Bonchev–Trinajstić information content (AvgIpc) is 3.17. The maximum atomic E-state index is 10.5. The van der Waals surface area contributed by atoms with Crippen LogP contribution in [0.25, 0.3) is 32.7 Å². The molecule has 10 nitrogen and oxygen atoms in total. The van der Waals surface area contributed by atoms with E-state index >= 15 is 0 Å². The van der Waals surface area contributed by atoms with Gasteiger partial charge in [0, 0.05) is 20.1 Å². The van der Waals surface area contributed by atoms with Crippen LogP contribution in [0.3, 0.4) is 0 Å². The van der Waals surface area contributed by atoms with Gasteiger partial charge in [-0.05, 0) is 82.2 Å². The van der Waals surface area contributed by atoms with Crippen molar-refractivity contribution in [2.24, 2.45) is 0 Å². The van der Waals surface area contributed by atoms with Crippen molar-refractivity contribution in [3.63, 3.8) is 0 Å². The number of halogens is 2. The Morgan fingerprint density at radius 2 is 0.596 bits per heavy atom. The van der Waals surface area contributed by atoms with E-state index < -0.39 is 0 Å². The number of rotatable bonds is 1. The van der Waals surface area contributed by atoms with Crippen LogP contribution in [0.15, 0.2) is 93.9 Å². The van der Waals surface area contributed by atoms with Crippen molar-refractivity contribution in [3.8, 4) is 71.2 Å². The number of benzene rings is 6. The molecule has 0 aromatic heterocycles. The second-order valence-corrected chi connectivity index (χ2v) is 12.3. The summed E-state index contributed by atoms with van der Waals surface area (Å²) < 4.78 is 1.94. The van der Waals surface area contributed by atoms with Crippen LogP contribution in [0.5, 0.6) is 11.5 Å². The van der Waals surface area contributed by atoms with Gasteiger partial charge in [0.2, 0.25) is 0 Å². The number of aromatic hydroxyl groups is 2. The third-order valence-corrected chi connectivity index (χ3v) is 8.44. The van der Waals surface area contributed by atoms with Crippen molar-refractivity contribution >= 4 is 53.4 Å². The summed E-state index contributed by atoms with van der Waals surface area (Å²) in [5.74, 6) is 0.297. The molecule has 6 aromatic carbocycles. The lowest BCUT2D eigenvalue weighted by Gasteiger charge is -2.14. The van der Waals surface area contributed by atoms with E-state index in [9.17, 15) is 10.2 Å². The highest BCUT2D eigenvalue weighted by atomic mass is 79.9. The van der Waals surface area contributed by atoms with Crippen LogP contribution >= 0.6 is 31.9 Å². The van der Waals surface area contributed by atoms with Crippen molar-refractivity contribution in [1.29, 1.82) is 42.1 Å². The molecule has 0 fully saturated rings. The number of hydrogen-bond donors (Lipinski definition) is 2. The zero-order valence-electron chi connectivity index (χ0n) is 26.3. The lowest BCUT2D eigenvalue weighted by molar-refractivity contribution is 0.470. The van der Waals surface area contributed by atoms with Gasteiger partial charge >= 0.3 is 0 Å². The summed E-state index contributed by atoms with van der Waals surface area (Å²) in [6, 6.07) is 38.1. The molecule has 0 radical (unpaired) electrons. The molecule has 0 aliphatic carbocycles. The molecule has 0 heterocycles. The Balaban J connectivity index is 0.000000187. The summed E-state index contributed by atoms with van der Waals surface area (Å²) in [4.78, 5) is 0. The zero-order valence-corrected chi connectivity index (χ0v) is 29.5. The van der Waals surface area contributed by atoms with E-state index in [4.69, 9.17) is 42.1 Å². The highest BCUT2D eigenvalue weighted by Gasteiger charge is 2.17. The summed E-state index contributed by atoms with van der Waals surface area (Å²) >= 11 is 6.95. The molecule has 0 saturated carbocycles. The number of nitriles is 8. The highest BCUT2D eigenvalue weighted by molar-refractivity contribution is 9.10. The summed E-state index contributed by atoms with van der Waals surface area (Å²) in [7, 11) is 0. The van der Waals surface area contributed by atoms with Crippen LogP contribution in [0.4, 0.5) is 0 Å². The summed E-state index contributed by atoms with van der Waals surface area (Å²) in [6.45, 7) is 0. The number of phenols is 2. The second kappa shape index (κ2) is 16.6. The first-order valence-electron chi connectivity index (χ1n) is 14.5. The van der Waals surface area contributed by atoms with E-state index in [1.54, 1.807) is 60.7 Å². The molecule has 0 aliphatic rings. The van der Waals surface area contributed by atoms with Gasteiger partial charge in [-0.3, -0.25) is 0 Å². The van der Waals surface area contributed by atoms with Crippen LogP contribution in [0, 0.1) is 90.6 Å². The molecule has 0 unspecified atom stereocenters. The van der Waals surface area contributed by atoms with Gasteiger partial charge in [-0.25, -0.2) is 0 Å². The predicted octanol–water partition coefficient (Wildman–Crippen LogP) is 8.94. The summed E-state index contributed by atoms with van der Waals surface area (Å²) in [5.41, 5.74) is 2.20. The fraction of sp³-hybridized carbons (Fsp3) is 0. The molecule has 0 amide bonds. The van der Waals surface area contributed by atoms with Gasteiger partial charge in [0.25, 0.3) is 0 Å². The zero-order chi connectivity index (χ0) is 37.9. The number of nitrogens with zero attached hydrogens (tertiary/aromatic N) is 8. The molecule has 52 heavy (non-hydrogen) atoms. The van der Waals surface area contributed by atoms with Gasteiger partial charge in [-0.1, -0.05) is 56.1 Å². The minimum Gasteiger partial charge on any atom is -0.507 e. The Kier molecular flexibility index (Phi) is 11.9. The van der Waals surface area contributed by atoms with Crippen LogP contribution in [0.1, 0.15) is 44.5 Å². The van der Waals surface area contributed by atoms with Gasteiger partial charge in [0.15, 0.2) is 0 Å². The van der Waals surface area contributed by atoms with Gasteiger partial charge < -0.3 is 10.2 Å². The lowest BCUT2D eigenvalue weighted by atomic mass is 9.92. The van der Waals surface area contributed by atoms with Crippen molar-refractivity contribution in [1.82, 2.24) is 0 Å². The topological polar surface area (TPSA) is 231 Å². The Bertz CT molecular complexity index is 2400. The van der Waals surface area contributed by atoms with Crippen LogP contribution in [-0.2, 0) is 0 Å². The molecule has 0 aliphatic heterocycles. The van der Waals surface area contributed by atoms with Crippen LogP contribution in [0.2, 0.25) is 0 Å². The number of fused-ring (bicyclic) bond motifs is 2. The van der Waals surface area contributed by atoms with Gasteiger partial charge in [-0.15, -0.1) is 0 Å². The first kappa shape index (κ1) is 37.1. The Hall–Kier alpha value is -7.68. The fourth-order valence-electron chi connectivity index (χ4n) is 5.04. The summed E-state index contributed by atoms with van der Waals surface area (Å²) in [6.07, 6.45) is 0. The van der Waals surface area contributed by atoms with Crippen LogP contribution in [-0.4, -0.2) is 10.2 Å². The molecule has 6 rings (SSSR count).